The maximum atomic E-state index is 12.9. The second-order valence-corrected chi connectivity index (χ2v) is 4.22. The lowest BCUT2D eigenvalue weighted by Gasteiger charge is -2.09. The average molecular weight is 239 g/mol. The molecular weight excluding hydrogens is 221 g/mol. The third-order valence-corrected chi connectivity index (χ3v) is 2.49. The van der Waals surface area contributed by atoms with Crippen LogP contribution in [0.1, 0.15) is 18.9 Å². The first-order valence-electron chi connectivity index (χ1n) is 5.74. The van der Waals surface area contributed by atoms with Crippen LogP contribution in [0, 0.1) is 11.7 Å². The second-order valence-electron chi connectivity index (χ2n) is 4.22. The summed E-state index contributed by atoms with van der Waals surface area (Å²) in [4.78, 5) is 11.4. The number of aliphatic hydroxyl groups is 1. The molecule has 0 aliphatic rings. The van der Waals surface area contributed by atoms with Crippen LogP contribution in [0.25, 0.3) is 0 Å². The second kappa shape index (κ2) is 7.01. The molecule has 0 saturated carbocycles. The molecule has 0 heterocycles. The zero-order valence-corrected chi connectivity index (χ0v) is 9.95. The van der Waals surface area contributed by atoms with Crippen molar-refractivity contribution in [3.8, 4) is 0 Å². The number of halogens is 1. The van der Waals surface area contributed by atoms with Crippen LogP contribution in [-0.2, 0) is 11.2 Å². The number of hydrogen-bond donors (Lipinski definition) is 2. The van der Waals surface area contributed by atoms with E-state index in [4.69, 9.17) is 5.11 Å². The van der Waals surface area contributed by atoms with Crippen molar-refractivity contribution in [1.82, 2.24) is 5.32 Å². The van der Waals surface area contributed by atoms with Crippen LogP contribution < -0.4 is 5.32 Å². The number of benzene rings is 1. The van der Waals surface area contributed by atoms with E-state index in [0.717, 1.165) is 5.56 Å². The van der Waals surface area contributed by atoms with E-state index in [-0.39, 0.29) is 24.2 Å². The number of nitrogens with one attached hydrogen (secondary N) is 1. The summed E-state index contributed by atoms with van der Waals surface area (Å²) in [6, 6.07) is 6.25. The number of aliphatic hydroxyl groups excluding tert-OH is 1. The largest absolute Gasteiger partial charge is 0.396 e. The molecular formula is C13H18FNO2. The van der Waals surface area contributed by atoms with Crippen molar-refractivity contribution in [3.05, 3.63) is 35.6 Å². The summed E-state index contributed by atoms with van der Waals surface area (Å²) in [5, 5.41) is 11.5. The standard InChI is InChI=1S/C13H18FNO2/c1-10(9-16)8-15-13(17)6-5-11-3-2-4-12(14)7-11/h2-4,7,10,16H,5-6,8-9H2,1H3,(H,15,17). The van der Waals surface area contributed by atoms with Gasteiger partial charge in [0, 0.05) is 19.6 Å². The fourth-order valence-corrected chi connectivity index (χ4v) is 1.39. The smallest absolute Gasteiger partial charge is 0.220 e. The Balaban J connectivity index is 2.28. The van der Waals surface area contributed by atoms with Gasteiger partial charge in [-0.1, -0.05) is 19.1 Å². The van der Waals surface area contributed by atoms with Crippen molar-refractivity contribution in [2.75, 3.05) is 13.2 Å². The quantitative estimate of drug-likeness (QED) is 0.790. The van der Waals surface area contributed by atoms with Gasteiger partial charge in [0.25, 0.3) is 0 Å². The van der Waals surface area contributed by atoms with Crippen LogP contribution >= 0.6 is 0 Å². The minimum absolute atomic E-state index is 0.0597. The lowest BCUT2D eigenvalue weighted by atomic mass is 10.1. The average Bonchev–Trinajstić information content (AvgIpc) is 2.33. The third kappa shape index (κ3) is 5.45. The van der Waals surface area contributed by atoms with Gasteiger partial charge in [0.05, 0.1) is 0 Å². The van der Waals surface area contributed by atoms with Crippen LogP contribution in [0.4, 0.5) is 4.39 Å². The zero-order chi connectivity index (χ0) is 12.7. The molecule has 0 saturated heterocycles. The summed E-state index contributed by atoms with van der Waals surface area (Å²) in [6.45, 7) is 2.38. The number of carbonyl (C=O) groups is 1. The van der Waals surface area contributed by atoms with Gasteiger partial charge in [0.1, 0.15) is 5.82 Å². The summed E-state index contributed by atoms with van der Waals surface area (Å²) in [5.41, 5.74) is 0.815. The molecule has 4 heteroatoms. The molecule has 0 spiro atoms. The van der Waals surface area contributed by atoms with Crippen LogP contribution in [0.5, 0.6) is 0 Å². The SMILES string of the molecule is CC(CO)CNC(=O)CCc1cccc(F)c1. The molecule has 0 aromatic heterocycles. The van der Waals surface area contributed by atoms with Crippen molar-refractivity contribution in [2.24, 2.45) is 5.92 Å². The fourth-order valence-electron chi connectivity index (χ4n) is 1.39. The topological polar surface area (TPSA) is 49.3 Å². The predicted molar refractivity (Wildman–Crippen MR) is 64.0 cm³/mol. The number of carbonyl (C=O) groups excluding carboxylic acids is 1. The molecule has 17 heavy (non-hydrogen) atoms. The minimum atomic E-state index is -0.281. The summed E-state index contributed by atoms with van der Waals surface area (Å²) in [5.74, 6) is -0.292. The molecule has 1 rings (SSSR count). The van der Waals surface area contributed by atoms with Crippen LogP contribution in [0.15, 0.2) is 24.3 Å². The Morgan fingerprint density at radius 2 is 2.29 bits per heavy atom. The van der Waals surface area contributed by atoms with Crippen molar-refractivity contribution in [1.29, 1.82) is 0 Å². The van der Waals surface area contributed by atoms with Gasteiger partial charge < -0.3 is 10.4 Å². The van der Waals surface area contributed by atoms with E-state index < -0.39 is 0 Å². The Labute approximate surface area is 101 Å². The predicted octanol–water partition coefficient (Wildman–Crippen LogP) is 1.50. The van der Waals surface area contributed by atoms with Crippen LogP contribution in [-0.4, -0.2) is 24.2 Å². The monoisotopic (exact) mass is 239 g/mol. The number of aryl methyl sites for hydroxylation is 1. The molecule has 0 radical (unpaired) electrons. The highest BCUT2D eigenvalue weighted by molar-refractivity contribution is 5.76. The molecule has 1 unspecified atom stereocenters. The van der Waals surface area contributed by atoms with Gasteiger partial charge in [0.2, 0.25) is 5.91 Å². The van der Waals surface area contributed by atoms with Gasteiger partial charge in [-0.25, -0.2) is 4.39 Å². The number of rotatable bonds is 6. The Morgan fingerprint density at radius 3 is 2.94 bits per heavy atom. The van der Waals surface area contributed by atoms with E-state index in [9.17, 15) is 9.18 Å². The Hall–Kier alpha value is -1.42. The van der Waals surface area contributed by atoms with Crippen molar-refractivity contribution < 1.29 is 14.3 Å². The van der Waals surface area contributed by atoms with Crippen LogP contribution in [0.3, 0.4) is 0 Å². The van der Waals surface area contributed by atoms with Gasteiger partial charge in [-0.2, -0.15) is 0 Å². The van der Waals surface area contributed by atoms with E-state index in [1.54, 1.807) is 12.1 Å². The summed E-state index contributed by atoms with van der Waals surface area (Å²) in [6.07, 6.45) is 0.860. The summed E-state index contributed by atoms with van der Waals surface area (Å²) in [7, 11) is 0. The first-order chi connectivity index (χ1) is 8.11. The summed E-state index contributed by atoms with van der Waals surface area (Å²) < 4.78 is 12.9. The van der Waals surface area contributed by atoms with Gasteiger partial charge in [0.15, 0.2) is 0 Å². The van der Waals surface area contributed by atoms with Crippen molar-refractivity contribution in [2.45, 2.75) is 19.8 Å². The fraction of sp³-hybridized carbons (Fsp3) is 0.462. The van der Waals surface area contributed by atoms with Gasteiger partial charge in [-0.3, -0.25) is 4.79 Å². The maximum Gasteiger partial charge on any atom is 0.220 e. The first kappa shape index (κ1) is 13.6. The summed E-state index contributed by atoms with van der Waals surface area (Å²) >= 11 is 0. The van der Waals surface area contributed by atoms with Crippen molar-refractivity contribution >= 4 is 5.91 Å². The molecule has 2 N–H and O–H groups in total. The maximum absolute atomic E-state index is 12.9. The highest BCUT2D eigenvalue weighted by Crippen LogP contribution is 2.06. The van der Waals surface area contributed by atoms with Crippen molar-refractivity contribution in [3.63, 3.8) is 0 Å². The van der Waals surface area contributed by atoms with Gasteiger partial charge >= 0.3 is 0 Å². The lowest BCUT2D eigenvalue weighted by molar-refractivity contribution is -0.121. The van der Waals surface area contributed by atoms with Gasteiger partial charge in [-0.05, 0) is 30.0 Å². The van der Waals surface area contributed by atoms with E-state index >= 15 is 0 Å². The number of hydrogen-bond acceptors (Lipinski definition) is 2. The van der Waals surface area contributed by atoms with E-state index in [1.807, 2.05) is 6.92 Å². The lowest BCUT2D eigenvalue weighted by Crippen LogP contribution is -2.29. The molecule has 3 nitrogen and oxygen atoms in total. The third-order valence-electron chi connectivity index (χ3n) is 2.49. The minimum Gasteiger partial charge on any atom is -0.396 e. The highest BCUT2D eigenvalue weighted by Gasteiger charge is 2.05. The first-order valence-corrected chi connectivity index (χ1v) is 5.74. The van der Waals surface area contributed by atoms with E-state index in [1.165, 1.54) is 12.1 Å². The Kier molecular flexibility index (Phi) is 5.63. The molecule has 1 aromatic rings. The van der Waals surface area contributed by atoms with E-state index in [0.29, 0.717) is 19.4 Å². The molecule has 0 bridgehead atoms. The molecule has 1 aromatic carbocycles. The molecule has 0 aliphatic carbocycles. The molecule has 94 valence electrons. The Morgan fingerprint density at radius 1 is 1.53 bits per heavy atom. The normalized spacial score (nSPS) is 12.2. The van der Waals surface area contributed by atoms with Crippen LogP contribution in [0.2, 0.25) is 0 Å². The molecule has 1 atom stereocenters. The molecule has 1 amide bonds. The molecule has 0 aliphatic heterocycles. The number of amides is 1. The van der Waals surface area contributed by atoms with E-state index in [2.05, 4.69) is 5.32 Å². The zero-order valence-electron chi connectivity index (χ0n) is 9.95. The van der Waals surface area contributed by atoms with Gasteiger partial charge in [-0.15, -0.1) is 0 Å². The highest BCUT2D eigenvalue weighted by atomic mass is 19.1. The molecule has 0 fully saturated rings. The Bertz CT molecular complexity index is 368.